The zero-order valence-corrected chi connectivity index (χ0v) is 21.7. The standard InChI is InChI=1S/C27H39N5O3/c1-6-7-22(26-20-14-17(2)8-9-21(20)29-30-26)28-23-16-24(25(33)15-18(23)3)31(5)27(34)19(4)32-10-12-35-13-11-32/h15-17,19,33H,6-14H2,1-5H3,(H,29,30)/b28-22+. The predicted octanol–water partition coefficient (Wildman–Crippen LogP) is 4.15. The summed E-state index contributed by atoms with van der Waals surface area (Å²) in [6.45, 7) is 11.0. The van der Waals surface area contributed by atoms with Gasteiger partial charge in [-0.3, -0.25) is 19.8 Å². The summed E-state index contributed by atoms with van der Waals surface area (Å²) in [5, 5.41) is 18.7. The van der Waals surface area contributed by atoms with Crippen LogP contribution in [-0.2, 0) is 22.4 Å². The minimum atomic E-state index is -0.301. The van der Waals surface area contributed by atoms with Crippen LogP contribution >= 0.6 is 0 Å². The van der Waals surface area contributed by atoms with Gasteiger partial charge in [-0.1, -0.05) is 20.3 Å². The van der Waals surface area contributed by atoms with Crippen molar-refractivity contribution in [1.82, 2.24) is 15.1 Å². The van der Waals surface area contributed by atoms with Gasteiger partial charge in [-0.2, -0.15) is 5.10 Å². The number of hydrogen-bond donors (Lipinski definition) is 2. The van der Waals surface area contributed by atoms with E-state index in [-0.39, 0.29) is 17.7 Å². The number of phenolic OH excluding ortho intramolecular Hbond substituents is 1. The molecule has 2 aliphatic rings. The van der Waals surface area contributed by atoms with Crippen LogP contribution in [0.4, 0.5) is 11.4 Å². The summed E-state index contributed by atoms with van der Waals surface area (Å²) in [5.41, 5.74) is 6.52. The molecule has 1 fully saturated rings. The average molecular weight is 482 g/mol. The lowest BCUT2D eigenvalue weighted by Crippen LogP contribution is -2.50. The van der Waals surface area contributed by atoms with Crippen LogP contribution in [0.1, 0.15) is 62.5 Å². The number of hydrogen-bond acceptors (Lipinski definition) is 6. The molecule has 1 aliphatic carbocycles. The molecule has 1 aromatic heterocycles. The van der Waals surface area contributed by atoms with Gasteiger partial charge < -0.3 is 14.7 Å². The van der Waals surface area contributed by atoms with Gasteiger partial charge in [-0.15, -0.1) is 0 Å². The van der Waals surface area contributed by atoms with Crippen molar-refractivity contribution >= 4 is 23.0 Å². The third-order valence-corrected chi connectivity index (χ3v) is 7.34. The highest BCUT2D eigenvalue weighted by atomic mass is 16.5. The maximum atomic E-state index is 13.3. The largest absolute Gasteiger partial charge is 0.506 e. The van der Waals surface area contributed by atoms with E-state index >= 15 is 0 Å². The lowest BCUT2D eigenvalue weighted by atomic mass is 9.86. The summed E-state index contributed by atoms with van der Waals surface area (Å²) in [6, 6.07) is 3.22. The smallest absolute Gasteiger partial charge is 0.243 e. The third-order valence-electron chi connectivity index (χ3n) is 7.34. The zero-order chi connectivity index (χ0) is 25.1. The maximum Gasteiger partial charge on any atom is 0.243 e. The normalized spacial score (nSPS) is 19.9. The van der Waals surface area contributed by atoms with Crippen LogP contribution in [0, 0.1) is 12.8 Å². The number of H-pyrrole nitrogens is 1. The van der Waals surface area contributed by atoms with E-state index in [1.807, 2.05) is 19.9 Å². The van der Waals surface area contributed by atoms with Gasteiger partial charge in [0.2, 0.25) is 5.91 Å². The van der Waals surface area contributed by atoms with Crippen molar-refractivity contribution in [2.45, 2.75) is 65.8 Å². The Hall–Kier alpha value is -2.71. The molecule has 1 aromatic carbocycles. The molecule has 8 nitrogen and oxygen atoms in total. The molecule has 1 amide bonds. The van der Waals surface area contributed by atoms with E-state index in [0.717, 1.165) is 61.4 Å². The second-order valence-electron chi connectivity index (χ2n) is 10.0. The van der Waals surface area contributed by atoms with Gasteiger partial charge in [0.1, 0.15) is 11.4 Å². The van der Waals surface area contributed by atoms with E-state index in [1.165, 1.54) is 17.7 Å². The average Bonchev–Trinajstić information content (AvgIpc) is 3.27. The van der Waals surface area contributed by atoms with Crippen molar-refractivity contribution in [3.8, 4) is 5.75 Å². The van der Waals surface area contributed by atoms with Gasteiger partial charge in [-0.25, -0.2) is 0 Å². The molecule has 190 valence electrons. The summed E-state index contributed by atoms with van der Waals surface area (Å²) in [6.07, 6.45) is 4.98. The van der Waals surface area contributed by atoms with E-state index < -0.39 is 0 Å². The quantitative estimate of drug-likeness (QED) is 0.580. The number of aromatic nitrogens is 2. The van der Waals surface area contributed by atoms with E-state index in [9.17, 15) is 9.90 Å². The highest BCUT2D eigenvalue weighted by molar-refractivity contribution is 6.03. The zero-order valence-electron chi connectivity index (χ0n) is 21.7. The number of phenols is 1. The van der Waals surface area contributed by atoms with Crippen molar-refractivity contribution in [1.29, 1.82) is 0 Å². The molecule has 2 heterocycles. The topological polar surface area (TPSA) is 94.1 Å². The minimum absolute atomic E-state index is 0.0647. The summed E-state index contributed by atoms with van der Waals surface area (Å²) < 4.78 is 5.42. The van der Waals surface area contributed by atoms with Crippen molar-refractivity contribution in [3.05, 3.63) is 34.6 Å². The Bertz CT molecular complexity index is 1090. The van der Waals surface area contributed by atoms with Gasteiger partial charge in [0.15, 0.2) is 0 Å². The first-order valence-electron chi connectivity index (χ1n) is 12.9. The van der Waals surface area contributed by atoms with Crippen LogP contribution in [0.15, 0.2) is 17.1 Å². The molecular formula is C27H39N5O3. The van der Waals surface area contributed by atoms with E-state index in [1.54, 1.807) is 18.0 Å². The van der Waals surface area contributed by atoms with Crippen LogP contribution in [0.3, 0.4) is 0 Å². The van der Waals surface area contributed by atoms with Gasteiger partial charge in [0, 0.05) is 31.4 Å². The number of nitrogens with one attached hydrogen (secondary N) is 1. The van der Waals surface area contributed by atoms with Crippen molar-refractivity contribution in [3.63, 3.8) is 0 Å². The van der Waals surface area contributed by atoms with Crippen molar-refractivity contribution < 1.29 is 14.6 Å². The molecule has 0 saturated carbocycles. The van der Waals surface area contributed by atoms with Crippen LogP contribution in [-0.4, -0.2) is 71.2 Å². The maximum absolute atomic E-state index is 13.3. The number of aromatic hydroxyl groups is 1. The molecule has 1 aliphatic heterocycles. The second kappa shape index (κ2) is 10.9. The van der Waals surface area contributed by atoms with Crippen LogP contribution in [0.5, 0.6) is 5.75 Å². The Kier molecular flexibility index (Phi) is 7.91. The third kappa shape index (κ3) is 5.43. The Balaban J connectivity index is 1.66. The molecule has 2 N–H and O–H groups in total. The molecule has 8 heteroatoms. The first-order chi connectivity index (χ1) is 16.8. The Morgan fingerprint density at radius 2 is 2.11 bits per heavy atom. The summed E-state index contributed by atoms with van der Waals surface area (Å²) in [5.74, 6) is 0.650. The highest BCUT2D eigenvalue weighted by Crippen LogP contribution is 2.36. The highest BCUT2D eigenvalue weighted by Gasteiger charge is 2.28. The van der Waals surface area contributed by atoms with E-state index in [4.69, 9.17) is 9.73 Å². The monoisotopic (exact) mass is 481 g/mol. The van der Waals surface area contributed by atoms with Gasteiger partial charge in [0.25, 0.3) is 0 Å². The van der Waals surface area contributed by atoms with Gasteiger partial charge in [0.05, 0.1) is 36.3 Å². The fourth-order valence-corrected chi connectivity index (χ4v) is 5.10. The molecule has 0 bridgehead atoms. The number of carbonyl (C=O) groups is 1. The number of nitrogens with zero attached hydrogens (tertiary/aromatic N) is 4. The number of ether oxygens (including phenoxy) is 1. The number of benzene rings is 1. The molecule has 1 saturated heterocycles. The number of rotatable bonds is 7. The molecule has 2 unspecified atom stereocenters. The van der Waals surface area contributed by atoms with E-state index in [2.05, 4.69) is 28.9 Å². The number of aromatic amines is 1. The van der Waals surface area contributed by atoms with Crippen LogP contribution in [0.25, 0.3) is 0 Å². The Morgan fingerprint density at radius 3 is 2.83 bits per heavy atom. The molecular weight excluding hydrogens is 442 g/mol. The number of amides is 1. The number of carbonyl (C=O) groups excluding carboxylic acids is 1. The molecule has 0 radical (unpaired) electrons. The number of likely N-dealkylation sites (N-methyl/N-ethyl adjacent to an activating group) is 1. The fourth-order valence-electron chi connectivity index (χ4n) is 5.10. The van der Waals surface area contributed by atoms with E-state index in [0.29, 0.717) is 24.8 Å². The SMILES string of the molecule is CCC/C(=N\c1cc(N(C)C(=O)C(C)N2CCOCC2)c(O)cc1C)c1n[nH]c2c1CC(C)CC2. The minimum Gasteiger partial charge on any atom is -0.506 e. The molecule has 4 rings (SSSR count). The Morgan fingerprint density at radius 1 is 1.37 bits per heavy atom. The summed E-state index contributed by atoms with van der Waals surface area (Å²) in [7, 11) is 1.72. The van der Waals surface area contributed by atoms with Gasteiger partial charge in [-0.05, 0) is 63.1 Å². The van der Waals surface area contributed by atoms with Crippen LogP contribution in [0.2, 0.25) is 0 Å². The lowest BCUT2D eigenvalue weighted by Gasteiger charge is -2.33. The second-order valence-corrected chi connectivity index (χ2v) is 10.0. The first-order valence-corrected chi connectivity index (χ1v) is 12.9. The number of aryl methyl sites for hydroxylation is 2. The molecule has 35 heavy (non-hydrogen) atoms. The first kappa shape index (κ1) is 25.4. The van der Waals surface area contributed by atoms with Crippen molar-refractivity contribution in [2.24, 2.45) is 10.9 Å². The van der Waals surface area contributed by atoms with Gasteiger partial charge >= 0.3 is 0 Å². The number of fused-ring (bicyclic) bond motifs is 1. The number of anilines is 1. The molecule has 0 spiro atoms. The summed E-state index contributed by atoms with van der Waals surface area (Å²) >= 11 is 0. The number of morpholine rings is 1. The fraction of sp³-hybridized carbons (Fsp3) is 0.593. The lowest BCUT2D eigenvalue weighted by molar-refractivity contribution is -0.124. The predicted molar refractivity (Wildman–Crippen MR) is 139 cm³/mol. The van der Waals surface area contributed by atoms with Crippen molar-refractivity contribution in [2.75, 3.05) is 38.3 Å². The van der Waals surface area contributed by atoms with Crippen LogP contribution < -0.4 is 4.90 Å². The molecule has 2 atom stereocenters. The Labute approximate surface area is 208 Å². The number of aliphatic imine (C=N–C) groups is 1. The summed E-state index contributed by atoms with van der Waals surface area (Å²) in [4.78, 5) is 22.0. The molecule has 2 aromatic rings.